The number of halogens is 4. The number of imidazole rings is 1. The standard InChI is InChI=1S/C17H11F4N3/c18-12-4-1-10(2-5-12)14-8-22-15-6-3-11(9-24(14)15)13-7-23-16(13)17(19,20)21/h1-9,16,23H. The molecule has 0 radical (unpaired) electrons. The molecule has 1 atom stereocenters. The molecule has 4 rings (SSSR count). The van der Waals surface area contributed by atoms with Gasteiger partial charge in [-0.1, -0.05) is 0 Å². The van der Waals surface area contributed by atoms with Gasteiger partial charge in [0.2, 0.25) is 0 Å². The van der Waals surface area contributed by atoms with Crippen LogP contribution in [0.5, 0.6) is 0 Å². The summed E-state index contributed by atoms with van der Waals surface area (Å²) in [7, 11) is 0. The number of pyridine rings is 1. The van der Waals surface area contributed by atoms with E-state index in [9.17, 15) is 17.6 Å². The van der Waals surface area contributed by atoms with Gasteiger partial charge in [-0.25, -0.2) is 9.37 Å². The first kappa shape index (κ1) is 14.7. The van der Waals surface area contributed by atoms with Gasteiger partial charge in [-0.05, 0) is 42.0 Å². The highest BCUT2D eigenvalue weighted by Gasteiger charge is 2.45. The average Bonchev–Trinajstić information content (AvgIpc) is 2.88. The first-order chi connectivity index (χ1) is 11.4. The van der Waals surface area contributed by atoms with E-state index in [1.807, 2.05) is 0 Å². The summed E-state index contributed by atoms with van der Waals surface area (Å²) < 4.78 is 53.5. The quantitative estimate of drug-likeness (QED) is 0.718. The lowest BCUT2D eigenvalue weighted by molar-refractivity contribution is -0.143. The topological polar surface area (TPSA) is 29.3 Å². The van der Waals surface area contributed by atoms with Gasteiger partial charge in [0.15, 0.2) is 0 Å². The number of alkyl halides is 3. The van der Waals surface area contributed by atoms with Crippen LogP contribution < -0.4 is 5.32 Å². The molecule has 122 valence electrons. The number of benzene rings is 1. The molecule has 1 N–H and O–H groups in total. The maximum atomic E-state index is 13.1. The maximum Gasteiger partial charge on any atom is 0.412 e. The van der Waals surface area contributed by atoms with Crippen molar-refractivity contribution in [2.45, 2.75) is 12.2 Å². The molecular formula is C17H11F4N3. The number of hydrogen-bond acceptors (Lipinski definition) is 2. The van der Waals surface area contributed by atoms with Gasteiger partial charge in [0.1, 0.15) is 17.5 Å². The minimum Gasteiger partial charge on any atom is -0.376 e. The van der Waals surface area contributed by atoms with Crippen LogP contribution in [0, 0.1) is 5.82 Å². The van der Waals surface area contributed by atoms with Crippen molar-refractivity contribution < 1.29 is 17.6 Å². The van der Waals surface area contributed by atoms with E-state index in [2.05, 4.69) is 10.3 Å². The number of fused-ring (bicyclic) bond motifs is 1. The number of nitrogens with one attached hydrogen (secondary N) is 1. The van der Waals surface area contributed by atoms with Crippen LogP contribution in [-0.4, -0.2) is 21.6 Å². The average molecular weight is 333 g/mol. The van der Waals surface area contributed by atoms with Crippen molar-refractivity contribution >= 4 is 11.2 Å². The van der Waals surface area contributed by atoms with E-state index in [0.29, 0.717) is 16.9 Å². The van der Waals surface area contributed by atoms with Gasteiger partial charge in [0.25, 0.3) is 0 Å². The van der Waals surface area contributed by atoms with Gasteiger partial charge in [-0.3, -0.25) is 4.40 Å². The van der Waals surface area contributed by atoms with Crippen molar-refractivity contribution in [3.05, 3.63) is 66.4 Å². The Bertz CT molecular complexity index is 939. The fourth-order valence-corrected chi connectivity index (χ4v) is 2.76. The van der Waals surface area contributed by atoms with Crippen molar-refractivity contribution in [3.8, 4) is 11.3 Å². The Labute approximate surface area is 134 Å². The molecule has 3 heterocycles. The molecule has 0 fully saturated rings. The second-order valence-electron chi connectivity index (χ2n) is 5.54. The molecule has 24 heavy (non-hydrogen) atoms. The molecule has 0 spiro atoms. The zero-order chi connectivity index (χ0) is 16.9. The SMILES string of the molecule is Fc1ccc(-c2cnc3ccc(C4=CNC4C(F)(F)F)cn23)cc1. The zero-order valence-corrected chi connectivity index (χ0v) is 12.2. The molecular weight excluding hydrogens is 322 g/mol. The van der Waals surface area contributed by atoms with Crippen LogP contribution in [0.1, 0.15) is 5.56 Å². The summed E-state index contributed by atoms with van der Waals surface area (Å²) in [6.07, 6.45) is 0.245. The van der Waals surface area contributed by atoms with E-state index in [-0.39, 0.29) is 11.4 Å². The second kappa shape index (κ2) is 5.09. The Hall–Kier alpha value is -2.83. The van der Waals surface area contributed by atoms with Crippen molar-refractivity contribution in [1.82, 2.24) is 14.7 Å². The molecule has 0 saturated carbocycles. The van der Waals surface area contributed by atoms with E-state index < -0.39 is 12.2 Å². The summed E-state index contributed by atoms with van der Waals surface area (Å²) in [5.74, 6) is -0.355. The third-order valence-corrected chi connectivity index (χ3v) is 4.02. The van der Waals surface area contributed by atoms with Crippen LogP contribution in [0.4, 0.5) is 17.6 Å². The van der Waals surface area contributed by atoms with E-state index in [1.54, 1.807) is 41.1 Å². The summed E-state index contributed by atoms with van der Waals surface area (Å²) in [5.41, 5.74) is 2.67. The predicted molar refractivity (Wildman–Crippen MR) is 81.5 cm³/mol. The van der Waals surface area contributed by atoms with Crippen LogP contribution in [0.15, 0.2) is 55.0 Å². The molecule has 3 nitrogen and oxygen atoms in total. The fraction of sp³-hybridized carbons (Fsp3) is 0.118. The third kappa shape index (κ3) is 2.33. The molecule has 2 aromatic heterocycles. The van der Waals surface area contributed by atoms with Crippen LogP contribution >= 0.6 is 0 Å². The van der Waals surface area contributed by atoms with Gasteiger partial charge >= 0.3 is 6.18 Å². The molecule has 3 aromatic rings. The van der Waals surface area contributed by atoms with Crippen LogP contribution in [0.2, 0.25) is 0 Å². The minimum absolute atomic E-state index is 0.183. The van der Waals surface area contributed by atoms with E-state index in [1.165, 1.54) is 18.3 Å². The fourth-order valence-electron chi connectivity index (χ4n) is 2.76. The van der Waals surface area contributed by atoms with Crippen molar-refractivity contribution in [2.75, 3.05) is 0 Å². The van der Waals surface area contributed by atoms with Crippen molar-refractivity contribution in [1.29, 1.82) is 0 Å². The molecule has 1 aromatic carbocycles. The lowest BCUT2D eigenvalue weighted by atomic mass is 9.95. The van der Waals surface area contributed by atoms with E-state index in [4.69, 9.17) is 0 Å². The third-order valence-electron chi connectivity index (χ3n) is 4.02. The van der Waals surface area contributed by atoms with E-state index >= 15 is 0 Å². The van der Waals surface area contributed by atoms with Gasteiger partial charge in [-0.15, -0.1) is 0 Å². The molecule has 0 bridgehead atoms. The lowest BCUT2D eigenvalue weighted by Gasteiger charge is -2.31. The maximum absolute atomic E-state index is 13.1. The number of nitrogens with zero attached hydrogens (tertiary/aromatic N) is 2. The highest BCUT2D eigenvalue weighted by Crippen LogP contribution is 2.36. The molecule has 1 unspecified atom stereocenters. The number of rotatable bonds is 2. The Morgan fingerprint density at radius 2 is 1.71 bits per heavy atom. The Balaban J connectivity index is 1.78. The monoisotopic (exact) mass is 333 g/mol. The van der Waals surface area contributed by atoms with Gasteiger partial charge in [0.05, 0.1) is 11.9 Å². The first-order valence-corrected chi connectivity index (χ1v) is 7.20. The molecule has 0 saturated heterocycles. The zero-order valence-electron chi connectivity index (χ0n) is 12.2. The Morgan fingerprint density at radius 3 is 2.33 bits per heavy atom. The Kier molecular flexibility index (Phi) is 3.13. The number of hydrogen-bond donors (Lipinski definition) is 1. The molecule has 0 amide bonds. The summed E-state index contributed by atoms with van der Waals surface area (Å²) >= 11 is 0. The summed E-state index contributed by atoms with van der Waals surface area (Å²) in [6, 6.07) is 7.49. The van der Waals surface area contributed by atoms with Crippen molar-refractivity contribution in [3.63, 3.8) is 0 Å². The lowest BCUT2D eigenvalue weighted by Crippen LogP contribution is -2.47. The molecule has 1 aliphatic rings. The van der Waals surface area contributed by atoms with Crippen LogP contribution in [-0.2, 0) is 0 Å². The smallest absolute Gasteiger partial charge is 0.376 e. The second-order valence-corrected chi connectivity index (χ2v) is 5.54. The summed E-state index contributed by atoms with van der Waals surface area (Å²) in [6.45, 7) is 0. The summed E-state index contributed by atoms with van der Waals surface area (Å²) in [4.78, 5) is 4.24. The summed E-state index contributed by atoms with van der Waals surface area (Å²) in [5, 5.41) is 2.27. The highest BCUT2D eigenvalue weighted by atomic mass is 19.4. The number of aromatic nitrogens is 2. The molecule has 1 aliphatic heterocycles. The van der Waals surface area contributed by atoms with Gasteiger partial charge < -0.3 is 5.32 Å². The van der Waals surface area contributed by atoms with Gasteiger partial charge in [0, 0.05) is 23.5 Å². The van der Waals surface area contributed by atoms with E-state index in [0.717, 1.165) is 5.56 Å². The van der Waals surface area contributed by atoms with Crippen LogP contribution in [0.3, 0.4) is 0 Å². The minimum atomic E-state index is -4.34. The van der Waals surface area contributed by atoms with Crippen LogP contribution in [0.25, 0.3) is 22.5 Å². The molecule has 7 heteroatoms. The largest absolute Gasteiger partial charge is 0.412 e. The Morgan fingerprint density at radius 1 is 1.00 bits per heavy atom. The predicted octanol–water partition coefficient (Wildman–Crippen LogP) is 4.02. The first-order valence-electron chi connectivity index (χ1n) is 7.20. The van der Waals surface area contributed by atoms with Crippen molar-refractivity contribution in [2.24, 2.45) is 0 Å². The highest BCUT2D eigenvalue weighted by molar-refractivity contribution is 5.76. The molecule has 0 aliphatic carbocycles. The van der Waals surface area contributed by atoms with Gasteiger partial charge in [-0.2, -0.15) is 13.2 Å². The normalized spacial score (nSPS) is 17.3.